The summed E-state index contributed by atoms with van der Waals surface area (Å²) in [4.78, 5) is 73.5. The molecule has 4 N–H and O–H groups in total. The molecule has 0 aliphatic carbocycles. The highest BCUT2D eigenvalue weighted by Crippen LogP contribution is 2.39. The highest BCUT2D eigenvalue weighted by Gasteiger charge is 2.22. The Labute approximate surface area is 487 Å². The lowest BCUT2D eigenvalue weighted by molar-refractivity contribution is 0.0127. The summed E-state index contributed by atoms with van der Waals surface area (Å²) in [6.45, 7) is -2.98. The SMILES string of the molecule is COc1ccc(C(=O)OCC(O)COc2ccc3ccc(OCC(O)COC(=O)c4ccc(C=O)cc4)c(Cc4c(OCC(O)COC(=O)c5ccc(OC)cc5)ccc5ccc(OCC(O)COC(=O)c6ccc(C=O)cc6)cc45)c3c2)cc1. The molecule has 0 aromatic heterocycles. The van der Waals surface area contributed by atoms with Crippen LogP contribution in [-0.2, 0) is 25.4 Å². The molecular formula is C65H60O20. The molecule has 0 saturated carbocycles. The molecule has 4 unspecified atom stereocenters. The van der Waals surface area contributed by atoms with Gasteiger partial charge in [0.1, 0.15) is 124 Å². The maximum Gasteiger partial charge on any atom is 0.338 e. The molecular weight excluding hydrogens is 1100 g/mol. The lowest BCUT2D eigenvalue weighted by atomic mass is 9.93. The van der Waals surface area contributed by atoms with Gasteiger partial charge < -0.3 is 67.8 Å². The molecule has 8 aromatic carbocycles. The van der Waals surface area contributed by atoms with Gasteiger partial charge in [0.15, 0.2) is 0 Å². The molecule has 8 rings (SSSR count). The number of benzene rings is 8. The van der Waals surface area contributed by atoms with E-state index in [4.69, 9.17) is 47.4 Å². The summed E-state index contributed by atoms with van der Waals surface area (Å²) in [5.41, 5.74) is 2.62. The van der Waals surface area contributed by atoms with Crippen molar-refractivity contribution in [3.8, 4) is 34.5 Å². The van der Waals surface area contributed by atoms with E-state index < -0.39 is 68.1 Å². The number of aldehydes is 2. The second-order valence-electron chi connectivity index (χ2n) is 19.2. The van der Waals surface area contributed by atoms with Crippen LogP contribution in [-0.4, -0.2) is 148 Å². The fourth-order valence-electron chi connectivity index (χ4n) is 8.49. The Kier molecular flexibility index (Phi) is 21.5. The molecule has 0 saturated heterocycles. The zero-order valence-electron chi connectivity index (χ0n) is 46.2. The van der Waals surface area contributed by atoms with Crippen LogP contribution < -0.4 is 28.4 Å². The van der Waals surface area contributed by atoms with Crippen molar-refractivity contribution < 1.29 is 96.6 Å². The highest BCUT2D eigenvalue weighted by molar-refractivity contribution is 5.94. The van der Waals surface area contributed by atoms with Crippen LogP contribution >= 0.6 is 0 Å². The van der Waals surface area contributed by atoms with E-state index in [9.17, 15) is 49.2 Å². The zero-order valence-corrected chi connectivity index (χ0v) is 46.2. The van der Waals surface area contributed by atoms with Gasteiger partial charge in [-0.2, -0.15) is 0 Å². The number of hydrogen-bond donors (Lipinski definition) is 4. The van der Waals surface area contributed by atoms with Crippen LogP contribution in [0.3, 0.4) is 0 Å². The first-order valence-corrected chi connectivity index (χ1v) is 26.6. The van der Waals surface area contributed by atoms with Crippen LogP contribution in [0.1, 0.15) is 73.3 Å². The maximum atomic E-state index is 12.9. The first kappa shape index (κ1) is 61.2. The standard InChI is InChI=1S/C65H60O20/c1-76-52-19-13-46(14-20-52)64(74)83-37-49(69)33-79-55-24-12-43-17-25-60(80-34-50(70)38-84-63(73)45-9-5-41(31-67)6-10-45)58(57(43)28-55)29-59-56-27-54(78-32-48(68)36-82-62(72)44-7-3-40(30-66)4-8-44)23-11-42(56)18-26-61(59)81-35-51(71)39-85-65(75)47-15-21-53(77-2)22-16-47/h3-28,30-31,48-51,68-71H,29,32-39H2,1-2H3. The van der Waals surface area contributed by atoms with E-state index in [1.54, 1.807) is 84.9 Å². The van der Waals surface area contributed by atoms with Crippen LogP contribution in [0.25, 0.3) is 21.5 Å². The van der Waals surface area contributed by atoms with Gasteiger partial charge in [-0.3, -0.25) is 9.59 Å². The van der Waals surface area contributed by atoms with E-state index in [1.165, 1.54) is 87.0 Å². The fourth-order valence-corrected chi connectivity index (χ4v) is 8.49. The molecule has 0 aliphatic heterocycles. The number of rotatable bonds is 30. The first-order valence-electron chi connectivity index (χ1n) is 26.6. The molecule has 8 aromatic rings. The predicted octanol–water partition coefficient (Wildman–Crippen LogP) is 7.61. The van der Waals surface area contributed by atoms with Crippen LogP contribution in [0.4, 0.5) is 0 Å². The highest BCUT2D eigenvalue weighted by atomic mass is 16.6. The van der Waals surface area contributed by atoms with Crippen molar-refractivity contribution in [1.29, 1.82) is 0 Å². The number of aliphatic hydroxyl groups is 4. The average Bonchev–Trinajstić information content (AvgIpc) is 2.12. The molecule has 0 radical (unpaired) electrons. The monoisotopic (exact) mass is 1160 g/mol. The van der Waals surface area contributed by atoms with E-state index in [0.29, 0.717) is 79.4 Å². The molecule has 0 heterocycles. The molecule has 0 bridgehead atoms. The molecule has 20 nitrogen and oxygen atoms in total. The molecule has 20 heteroatoms. The Hall–Kier alpha value is -9.86. The molecule has 440 valence electrons. The topological polar surface area (TPSA) is 276 Å². The third kappa shape index (κ3) is 17.1. The molecule has 85 heavy (non-hydrogen) atoms. The van der Waals surface area contributed by atoms with Crippen LogP contribution in [0.5, 0.6) is 34.5 Å². The minimum atomic E-state index is -1.33. The third-order valence-corrected chi connectivity index (χ3v) is 13.1. The summed E-state index contributed by atoms with van der Waals surface area (Å²) < 4.78 is 56.7. The lowest BCUT2D eigenvalue weighted by Gasteiger charge is -2.21. The summed E-state index contributed by atoms with van der Waals surface area (Å²) in [6, 6.07) is 41.4. The van der Waals surface area contributed by atoms with Gasteiger partial charge in [-0.1, -0.05) is 48.5 Å². The number of fused-ring (bicyclic) bond motifs is 2. The van der Waals surface area contributed by atoms with Gasteiger partial charge in [-0.25, -0.2) is 19.2 Å². The molecule has 4 atom stereocenters. The van der Waals surface area contributed by atoms with Gasteiger partial charge in [-0.05, 0) is 131 Å². The molecule has 0 aliphatic rings. The Bertz CT molecular complexity index is 3580. The van der Waals surface area contributed by atoms with Gasteiger partial charge in [0, 0.05) is 28.7 Å². The normalized spacial score (nSPS) is 12.4. The van der Waals surface area contributed by atoms with E-state index in [1.807, 2.05) is 0 Å². The Balaban J connectivity index is 1.07. The van der Waals surface area contributed by atoms with Crippen molar-refractivity contribution >= 4 is 58.0 Å². The molecule has 0 fully saturated rings. The minimum absolute atomic E-state index is 0.00695. The van der Waals surface area contributed by atoms with Gasteiger partial charge >= 0.3 is 23.9 Å². The van der Waals surface area contributed by atoms with Crippen LogP contribution in [0, 0.1) is 0 Å². The fraction of sp³-hybridized carbons (Fsp3) is 0.231. The second-order valence-corrected chi connectivity index (χ2v) is 19.2. The average molecular weight is 1160 g/mol. The lowest BCUT2D eigenvalue weighted by Crippen LogP contribution is -2.26. The summed E-state index contributed by atoms with van der Waals surface area (Å²) in [6.07, 6.45) is -3.86. The van der Waals surface area contributed by atoms with Gasteiger partial charge in [-0.15, -0.1) is 0 Å². The van der Waals surface area contributed by atoms with E-state index in [2.05, 4.69) is 0 Å². The van der Waals surface area contributed by atoms with E-state index in [0.717, 1.165) is 0 Å². The number of esters is 4. The summed E-state index contributed by atoms with van der Waals surface area (Å²) in [5.74, 6) is -0.566. The second kappa shape index (κ2) is 29.9. The smallest absolute Gasteiger partial charge is 0.338 e. The first-order chi connectivity index (χ1) is 41.2. The number of carbonyl (C=O) groups excluding carboxylic acids is 6. The van der Waals surface area contributed by atoms with Crippen molar-refractivity contribution in [2.45, 2.75) is 30.8 Å². The number of carbonyl (C=O) groups is 6. The number of methoxy groups -OCH3 is 2. The van der Waals surface area contributed by atoms with Gasteiger partial charge in [0.2, 0.25) is 0 Å². The quantitative estimate of drug-likeness (QED) is 0.0191. The Morgan fingerprint density at radius 2 is 0.647 bits per heavy atom. The minimum Gasteiger partial charge on any atom is -0.497 e. The summed E-state index contributed by atoms with van der Waals surface area (Å²) in [5, 5.41) is 46.7. The number of hydrogen-bond acceptors (Lipinski definition) is 20. The summed E-state index contributed by atoms with van der Waals surface area (Å²) in [7, 11) is 3.00. The molecule has 0 spiro atoms. The Morgan fingerprint density at radius 1 is 0.365 bits per heavy atom. The Morgan fingerprint density at radius 3 is 0.953 bits per heavy atom. The number of ether oxygens (including phenoxy) is 10. The predicted molar refractivity (Wildman–Crippen MR) is 307 cm³/mol. The van der Waals surface area contributed by atoms with Crippen molar-refractivity contribution in [2.75, 3.05) is 67.1 Å². The van der Waals surface area contributed by atoms with Crippen LogP contribution in [0.15, 0.2) is 158 Å². The van der Waals surface area contributed by atoms with Crippen molar-refractivity contribution in [1.82, 2.24) is 0 Å². The summed E-state index contributed by atoms with van der Waals surface area (Å²) >= 11 is 0. The van der Waals surface area contributed by atoms with E-state index >= 15 is 0 Å². The largest absolute Gasteiger partial charge is 0.497 e. The van der Waals surface area contributed by atoms with Gasteiger partial charge in [0.25, 0.3) is 0 Å². The van der Waals surface area contributed by atoms with Crippen LogP contribution in [0.2, 0.25) is 0 Å². The zero-order chi connectivity index (χ0) is 60.2. The maximum absolute atomic E-state index is 12.9. The van der Waals surface area contributed by atoms with Crippen molar-refractivity contribution in [3.05, 3.63) is 202 Å². The number of aliphatic hydroxyl groups excluding tert-OH is 4. The van der Waals surface area contributed by atoms with Crippen molar-refractivity contribution in [2.24, 2.45) is 0 Å². The van der Waals surface area contributed by atoms with E-state index in [-0.39, 0.29) is 73.2 Å². The third-order valence-electron chi connectivity index (χ3n) is 13.1. The van der Waals surface area contributed by atoms with Crippen molar-refractivity contribution in [3.63, 3.8) is 0 Å². The molecule has 0 amide bonds. The van der Waals surface area contributed by atoms with Gasteiger partial charge in [0.05, 0.1) is 36.5 Å².